The Balaban J connectivity index is 1.42. The van der Waals surface area contributed by atoms with E-state index in [1.807, 2.05) is 6.07 Å². The van der Waals surface area contributed by atoms with Crippen molar-refractivity contribution < 1.29 is 58.8 Å². The van der Waals surface area contributed by atoms with Crippen LogP contribution in [0.15, 0.2) is 54.6 Å². The van der Waals surface area contributed by atoms with Crippen LogP contribution in [0, 0.1) is 11.8 Å². The van der Waals surface area contributed by atoms with E-state index in [0.717, 1.165) is 27.1 Å². The van der Waals surface area contributed by atoms with E-state index < -0.39 is 121 Å². The molecule has 0 fully saturated rings. The largest absolute Gasteiger partial charge is 0.481 e. The summed E-state index contributed by atoms with van der Waals surface area (Å²) in [5.41, 5.74) is 1.08. The minimum atomic E-state index is -1.70. The predicted octanol–water partition coefficient (Wildman–Crippen LogP) is 3.23. The summed E-state index contributed by atoms with van der Waals surface area (Å²) >= 11 is 0. The minimum absolute atomic E-state index is 0.0826. The zero-order valence-corrected chi connectivity index (χ0v) is 35.5. The molecule has 0 aromatic heterocycles. The fraction of sp³-hybridized carbons (Fsp3) is 0.467. The molecule has 7 atom stereocenters. The summed E-state index contributed by atoms with van der Waals surface area (Å²) in [5, 5.41) is 57.9. The van der Waals surface area contributed by atoms with Gasteiger partial charge in [0.25, 0.3) is 0 Å². The Labute approximate surface area is 358 Å². The van der Waals surface area contributed by atoms with Gasteiger partial charge >= 0.3 is 17.9 Å². The van der Waals surface area contributed by atoms with Crippen molar-refractivity contribution >= 4 is 79.8 Å². The highest BCUT2D eigenvalue weighted by molar-refractivity contribution is 6.23. The van der Waals surface area contributed by atoms with Crippen LogP contribution >= 0.6 is 0 Å². The van der Waals surface area contributed by atoms with Gasteiger partial charge in [0.05, 0.1) is 6.10 Å². The summed E-state index contributed by atoms with van der Waals surface area (Å²) in [7, 11) is 0. The molecule has 334 valence electrons. The molecule has 0 aliphatic heterocycles. The monoisotopic (exact) mass is 859 g/mol. The Morgan fingerprint density at radius 2 is 1.06 bits per heavy atom. The maximum absolute atomic E-state index is 13.6. The van der Waals surface area contributed by atoms with Crippen molar-refractivity contribution in [2.24, 2.45) is 11.8 Å². The summed E-state index contributed by atoms with van der Waals surface area (Å²) in [6.07, 6.45) is -2.32. The molecule has 0 radical (unpaired) electrons. The summed E-state index contributed by atoms with van der Waals surface area (Å²) < 4.78 is 0. The highest BCUT2D eigenvalue weighted by atomic mass is 16.4. The molecule has 4 aromatic rings. The second-order valence-corrected chi connectivity index (χ2v) is 16.1. The lowest BCUT2D eigenvalue weighted by atomic mass is 9.90. The number of carboxylic acids is 3. The molecular formula is C45H57N5O12. The van der Waals surface area contributed by atoms with Crippen molar-refractivity contribution in [2.45, 2.75) is 122 Å². The van der Waals surface area contributed by atoms with Crippen LogP contribution < -0.4 is 26.6 Å². The van der Waals surface area contributed by atoms with Crippen LogP contribution in [0.1, 0.15) is 85.1 Å². The Bertz CT molecular complexity index is 2260. The molecular weight excluding hydrogens is 803 g/mol. The fourth-order valence-corrected chi connectivity index (χ4v) is 7.43. The lowest BCUT2D eigenvalue weighted by Gasteiger charge is -2.29. The third-order valence-corrected chi connectivity index (χ3v) is 11.1. The van der Waals surface area contributed by atoms with Crippen LogP contribution in [0.3, 0.4) is 0 Å². The second kappa shape index (κ2) is 21.9. The molecule has 5 amide bonds. The molecule has 0 aliphatic rings. The van der Waals surface area contributed by atoms with Gasteiger partial charge in [-0.15, -0.1) is 0 Å². The Kier molecular flexibility index (Phi) is 17.1. The molecule has 4 aromatic carbocycles. The van der Waals surface area contributed by atoms with Crippen LogP contribution in [-0.2, 0) is 44.8 Å². The van der Waals surface area contributed by atoms with Crippen molar-refractivity contribution in [1.29, 1.82) is 0 Å². The lowest BCUT2D eigenvalue weighted by Crippen LogP contribution is -2.61. The van der Waals surface area contributed by atoms with Crippen LogP contribution in [0.25, 0.3) is 32.3 Å². The molecule has 0 saturated carbocycles. The Hall–Kier alpha value is -6.36. The number of carbonyl (C=O) groups is 8. The van der Waals surface area contributed by atoms with E-state index in [1.165, 1.54) is 17.7 Å². The van der Waals surface area contributed by atoms with E-state index >= 15 is 0 Å². The number of rotatable bonds is 24. The highest BCUT2D eigenvalue weighted by Gasteiger charge is 2.35. The smallest absolute Gasteiger partial charge is 0.326 e. The molecule has 0 bridgehead atoms. The van der Waals surface area contributed by atoms with E-state index in [2.05, 4.69) is 75.1 Å². The zero-order valence-electron chi connectivity index (χ0n) is 35.5. The van der Waals surface area contributed by atoms with Gasteiger partial charge in [0.15, 0.2) is 0 Å². The first kappa shape index (κ1) is 48.3. The first-order valence-electron chi connectivity index (χ1n) is 20.8. The van der Waals surface area contributed by atoms with Crippen molar-refractivity contribution in [3.8, 4) is 0 Å². The summed E-state index contributed by atoms with van der Waals surface area (Å²) in [5.74, 6) is -9.49. The number of carboxylic acid groups (broad SMARTS) is 3. The van der Waals surface area contributed by atoms with Gasteiger partial charge < -0.3 is 47.0 Å². The molecule has 17 heteroatoms. The molecule has 17 nitrogen and oxygen atoms in total. The SMILES string of the molecule is CC[C@H](C)[C@H](NC(=O)[C@H](CCC(=O)O)NC(=O)[C@H](CCC(=O)O)NC(=O)[C@@H](NC(=O)[C@@H](NC(=O)CCCc1ccc2ccc3cccc4ccc1c2c34)C(C)C)[C@@H](C)O)C(=O)O. The first-order valence-corrected chi connectivity index (χ1v) is 20.8. The third kappa shape index (κ3) is 12.6. The topological polar surface area (TPSA) is 278 Å². The van der Waals surface area contributed by atoms with Crippen LogP contribution in [0.2, 0.25) is 0 Å². The number of aliphatic hydroxyl groups is 1. The van der Waals surface area contributed by atoms with E-state index in [9.17, 15) is 58.8 Å². The average molecular weight is 860 g/mol. The molecule has 62 heavy (non-hydrogen) atoms. The molecule has 0 heterocycles. The standard InChI is InChI=1S/C45H57N5O12/c1-6-24(4)39(45(61)62)49-42(58)32(20-22-35(55)56)46-41(57)31(19-21-34(53)54)47-44(60)40(25(5)51)50-43(59)38(23(2)3)48-33(52)12-8-9-26-13-14-29-16-15-27-10-7-11-28-17-18-30(26)37(29)36(27)28/h7,10-11,13-18,23-25,31-32,38-40,51H,6,8-9,12,19-22H2,1-5H3,(H,46,57)(H,47,60)(H,48,52)(H,49,58)(H,50,59)(H,53,54)(H,55,56)(H,61,62)/t24-,25+,31-,32-,38-,39-,40-/m0/s1. The van der Waals surface area contributed by atoms with Gasteiger partial charge in [-0.05, 0) is 82.3 Å². The first-order chi connectivity index (χ1) is 29.3. The summed E-state index contributed by atoms with van der Waals surface area (Å²) in [6, 6.07) is 11.2. The molecule has 0 unspecified atom stereocenters. The number of amides is 5. The van der Waals surface area contributed by atoms with Crippen molar-refractivity contribution in [3.63, 3.8) is 0 Å². The number of hydrogen-bond acceptors (Lipinski definition) is 9. The van der Waals surface area contributed by atoms with Gasteiger partial charge in [-0.25, -0.2) is 4.79 Å². The van der Waals surface area contributed by atoms with E-state index in [0.29, 0.717) is 19.3 Å². The van der Waals surface area contributed by atoms with Gasteiger partial charge in [-0.2, -0.15) is 0 Å². The lowest BCUT2D eigenvalue weighted by molar-refractivity contribution is -0.144. The van der Waals surface area contributed by atoms with Gasteiger partial charge in [0.1, 0.15) is 30.2 Å². The van der Waals surface area contributed by atoms with Crippen LogP contribution in [-0.4, -0.2) is 104 Å². The number of carbonyl (C=O) groups excluding carboxylic acids is 5. The average Bonchev–Trinajstić information content (AvgIpc) is 3.22. The molecule has 0 spiro atoms. The maximum Gasteiger partial charge on any atom is 0.326 e. The van der Waals surface area contributed by atoms with Crippen molar-refractivity contribution in [2.75, 3.05) is 0 Å². The molecule has 0 aliphatic carbocycles. The van der Waals surface area contributed by atoms with E-state index in [1.54, 1.807) is 27.7 Å². The molecule has 4 rings (SSSR count). The summed E-state index contributed by atoms with van der Waals surface area (Å²) in [4.78, 5) is 102. The number of aryl methyl sites for hydroxylation is 1. The number of aliphatic hydroxyl groups excluding tert-OH is 1. The van der Waals surface area contributed by atoms with Gasteiger partial charge in [-0.3, -0.25) is 33.6 Å². The predicted molar refractivity (Wildman–Crippen MR) is 230 cm³/mol. The van der Waals surface area contributed by atoms with Gasteiger partial charge in [0, 0.05) is 19.3 Å². The second-order valence-electron chi connectivity index (χ2n) is 16.1. The Morgan fingerprint density at radius 1 is 0.565 bits per heavy atom. The maximum atomic E-state index is 13.6. The van der Waals surface area contributed by atoms with Crippen LogP contribution in [0.4, 0.5) is 0 Å². The normalized spacial score (nSPS) is 14.9. The van der Waals surface area contributed by atoms with Crippen molar-refractivity contribution in [1.82, 2.24) is 26.6 Å². The Morgan fingerprint density at radius 3 is 1.60 bits per heavy atom. The van der Waals surface area contributed by atoms with Gasteiger partial charge in [0.2, 0.25) is 29.5 Å². The van der Waals surface area contributed by atoms with Crippen molar-refractivity contribution in [3.05, 3.63) is 60.2 Å². The quantitative estimate of drug-likeness (QED) is 0.0460. The summed E-state index contributed by atoms with van der Waals surface area (Å²) in [6.45, 7) is 7.83. The zero-order chi connectivity index (χ0) is 45.8. The number of nitrogens with one attached hydrogen (secondary N) is 5. The van der Waals surface area contributed by atoms with E-state index in [4.69, 9.17) is 0 Å². The van der Waals surface area contributed by atoms with Gasteiger partial charge in [-0.1, -0.05) is 88.7 Å². The number of hydrogen-bond donors (Lipinski definition) is 9. The van der Waals surface area contributed by atoms with E-state index in [-0.39, 0.29) is 6.42 Å². The highest BCUT2D eigenvalue weighted by Crippen LogP contribution is 2.36. The number of benzene rings is 4. The minimum Gasteiger partial charge on any atom is -0.481 e. The fourth-order valence-electron chi connectivity index (χ4n) is 7.43. The molecule has 9 N–H and O–H groups in total. The molecule has 0 saturated heterocycles. The number of aliphatic carboxylic acids is 3. The third-order valence-electron chi connectivity index (χ3n) is 11.1. The van der Waals surface area contributed by atoms with Crippen LogP contribution in [0.5, 0.6) is 0 Å².